The fourth-order valence-electron chi connectivity index (χ4n) is 4.14. The molecule has 6 nitrogen and oxygen atoms in total. The molecule has 2 fully saturated rings. The van der Waals surface area contributed by atoms with Gasteiger partial charge in [-0.05, 0) is 49.7 Å². The smallest absolute Gasteiger partial charge is 0.315 e. The van der Waals surface area contributed by atoms with E-state index in [0.29, 0.717) is 38.4 Å². The van der Waals surface area contributed by atoms with Crippen LogP contribution in [0.3, 0.4) is 0 Å². The summed E-state index contributed by atoms with van der Waals surface area (Å²) in [4.78, 5) is 12.2. The van der Waals surface area contributed by atoms with Crippen LogP contribution in [0.1, 0.15) is 49.1 Å². The Kier molecular flexibility index (Phi) is 4.92. The first-order valence-electron chi connectivity index (χ1n) is 9.65. The lowest BCUT2D eigenvalue weighted by atomic mass is 10.0. The highest BCUT2D eigenvalue weighted by atomic mass is 32.2. The number of carbonyl (C=O) groups excluding carboxylic acids is 1. The summed E-state index contributed by atoms with van der Waals surface area (Å²) in [7, 11) is -3.09. The minimum absolute atomic E-state index is 0.0523. The van der Waals surface area contributed by atoms with Crippen molar-refractivity contribution in [3.8, 4) is 0 Å². The molecule has 1 saturated carbocycles. The zero-order chi connectivity index (χ0) is 18.1. The van der Waals surface area contributed by atoms with Gasteiger partial charge in [-0.25, -0.2) is 17.5 Å². The number of hydrogen-bond acceptors (Lipinski definition) is 3. The maximum atomic E-state index is 12.3. The molecule has 1 aromatic rings. The molecule has 4 rings (SSSR count). The topological polar surface area (TPSA) is 78.5 Å². The Hall–Kier alpha value is -1.60. The Labute approximate surface area is 155 Å². The molecule has 1 atom stereocenters. The Balaban J connectivity index is 1.21. The number of aryl methyl sites for hydroxylation is 1. The summed E-state index contributed by atoms with van der Waals surface area (Å²) in [5, 5.41) is 5.86. The van der Waals surface area contributed by atoms with Crippen molar-refractivity contribution in [2.75, 3.05) is 19.6 Å². The van der Waals surface area contributed by atoms with Gasteiger partial charge in [-0.15, -0.1) is 0 Å². The number of hydrogen-bond donors (Lipinski definition) is 2. The fourth-order valence-corrected chi connectivity index (χ4v) is 6.01. The van der Waals surface area contributed by atoms with Gasteiger partial charge in [-0.3, -0.25) is 0 Å². The van der Waals surface area contributed by atoms with Crippen molar-refractivity contribution in [1.29, 1.82) is 0 Å². The molecular weight excluding hydrogens is 350 g/mol. The van der Waals surface area contributed by atoms with E-state index in [4.69, 9.17) is 0 Å². The number of nitrogens with zero attached hydrogens (tertiary/aromatic N) is 1. The monoisotopic (exact) mass is 377 g/mol. The maximum absolute atomic E-state index is 12.3. The van der Waals surface area contributed by atoms with Gasteiger partial charge >= 0.3 is 6.03 Å². The molecule has 1 aromatic carbocycles. The average Bonchev–Trinajstić information content (AvgIpc) is 3.42. The number of piperidine rings is 1. The van der Waals surface area contributed by atoms with Crippen molar-refractivity contribution in [1.82, 2.24) is 14.9 Å². The summed E-state index contributed by atoms with van der Waals surface area (Å²) in [6.45, 7) is 1.68. The zero-order valence-corrected chi connectivity index (χ0v) is 15.8. The molecule has 0 radical (unpaired) electrons. The molecule has 26 heavy (non-hydrogen) atoms. The number of nitrogens with one attached hydrogen (secondary N) is 2. The van der Waals surface area contributed by atoms with Gasteiger partial charge < -0.3 is 10.6 Å². The summed E-state index contributed by atoms with van der Waals surface area (Å²) in [6.07, 6.45) is 5.13. The van der Waals surface area contributed by atoms with Gasteiger partial charge in [-0.1, -0.05) is 24.3 Å². The number of benzene rings is 1. The third-order valence-corrected chi connectivity index (χ3v) is 8.26. The van der Waals surface area contributed by atoms with Crippen molar-refractivity contribution in [3.05, 3.63) is 35.4 Å². The first-order valence-corrected chi connectivity index (χ1v) is 11.2. The van der Waals surface area contributed by atoms with Crippen molar-refractivity contribution in [2.24, 2.45) is 0 Å². The van der Waals surface area contributed by atoms with Gasteiger partial charge in [0.05, 0.1) is 5.25 Å². The van der Waals surface area contributed by atoms with E-state index in [0.717, 1.165) is 25.7 Å². The third-order valence-electron chi connectivity index (χ3n) is 5.86. The molecule has 0 spiro atoms. The van der Waals surface area contributed by atoms with E-state index < -0.39 is 10.0 Å². The second kappa shape index (κ2) is 7.19. The van der Waals surface area contributed by atoms with Crippen LogP contribution in [-0.4, -0.2) is 49.7 Å². The molecule has 3 aliphatic rings. The van der Waals surface area contributed by atoms with Gasteiger partial charge in [0.25, 0.3) is 0 Å². The van der Waals surface area contributed by atoms with E-state index in [1.54, 1.807) is 4.31 Å². The van der Waals surface area contributed by atoms with E-state index in [-0.39, 0.29) is 17.3 Å². The van der Waals surface area contributed by atoms with Crippen molar-refractivity contribution in [3.63, 3.8) is 0 Å². The van der Waals surface area contributed by atoms with E-state index in [1.807, 2.05) is 0 Å². The van der Waals surface area contributed by atoms with Gasteiger partial charge in [0.1, 0.15) is 0 Å². The Bertz CT molecular complexity index is 768. The molecule has 1 aliphatic heterocycles. The number of carbonyl (C=O) groups is 1. The highest BCUT2D eigenvalue weighted by molar-refractivity contribution is 7.90. The minimum atomic E-state index is -3.09. The summed E-state index contributed by atoms with van der Waals surface area (Å²) in [6, 6.07) is 8.36. The predicted molar refractivity (Wildman–Crippen MR) is 101 cm³/mol. The standard InChI is InChI=1S/C19H27N3O3S/c23-19(20-13-15-6-5-14-3-1-2-4-18(14)15)21-16-9-11-22(12-10-16)26(24,25)17-7-8-17/h1-4,15-17H,5-13H2,(H2,20,21,23). The zero-order valence-electron chi connectivity index (χ0n) is 15.0. The summed E-state index contributed by atoms with van der Waals surface area (Å²) < 4.78 is 26.1. The number of urea groups is 1. The molecular formula is C19H27N3O3S. The van der Waals surface area contributed by atoms with E-state index in [1.165, 1.54) is 11.1 Å². The second-order valence-electron chi connectivity index (χ2n) is 7.71. The lowest BCUT2D eigenvalue weighted by molar-refractivity contribution is 0.227. The molecule has 2 N–H and O–H groups in total. The van der Waals surface area contributed by atoms with Crippen molar-refractivity contribution >= 4 is 16.1 Å². The number of amides is 2. The Morgan fingerprint density at radius 2 is 1.81 bits per heavy atom. The number of fused-ring (bicyclic) bond motifs is 1. The quantitative estimate of drug-likeness (QED) is 0.823. The van der Waals surface area contributed by atoms with Crippen LogP contribution in [0.2, 0.25) is 0 Å². The summed E-state index contributed by atoms with van der Waals surface area (Å²) in [5.41, 5.74) is 2.75. The van der Waals surface area contributed by atoms with Crippen LogP contribution in [0.5, 0.6) is 0 Å². The van der Waals surface area contributed by atoms with Crippen LogP contribution in [0.15, 0.2) is 24.3 Å². The first-order chi connectivity index (χ1) is 12.5. The van der Waals surface area contributed by atoms with E-state index >= 15 is 0 Å². The molecule has 1 heterocycles. The molecule has 7 heteroatoms. The van der Waals surface area contributed by atoms with Crippen LogP contribution in [0, 0.1) is 0 Å². The Morgan fingerprint density at radius 1 is 1.08 bits per heavy atom. The highest BCUT2D eigenvalue weighted by Crippen LogP contribution is 2.33. The molecule has 2 aliphatic carbocycles. The Morgan fingerprint density at radius 3 is 2.54 bits per heavy atom. The molecule has 2 amide bonds. The number of sulfonamides is 1. The lowest BCUT2D eigenvalue weighted by Crippen LogP contribution is -2.50. The van der Waals surface area contributed by atoms with Crippen LogP contribution in [0.4, 0.5) is 4.79 Å². The SMILES string of the molecule is O=C(NCC1CCc2ccccc21)NC1CCN(S(=O)(=O)C2CC2)CC1. The second-order valence-corrected chi connectivity index (χ2v) is 9.92. The van der Waals surface area contributed by atoms with Crippen LogP contribution >= 0.6 is 0 Å². The fraction of sp³-hybridized carbons (Fsp3) is 0.632. The largest absolute Gasteiger partial charge is 0.338 e. The average molecular weight is 378 g/mol. The van der Waals surface area contributed by atoms with Crippen LogP contribution in [-0.2, 0) is 16.4 Å². The molecule has 0 aromatic heterocycles. The van der Waals surface area contributed by atoms with Gasteiger partial charge in [0.2, 0.25) is 10.0 Å². The lowest BCUT2D eigenvalue weighted by Gasteiger charge is -2.31. The van der Waals surface area contributed by atoms with Crippen molar-refractivity contribution in [2.45, 2.75) is 55.7 Å². The van der Waals surface area contributed by atoms with Gasteiger partial charge in [0.15, 0.2) is 0 Å². The van der Waals surface area contributed by atoms with Crippen LogP contribution < -0.4 is 10.6 Å². The highest BCUT2D eigenvalue weighted by Gasteiger charge is 2.41. The van der Waals surface area contributed by atoms with Gasteiger partial charge in [0, 0.05) is 31.6 Å². The molecule has 0 bridgehead atoms. The van der Waals surface area contributed by atoms with Crippen molar-refractivity contribution < 1.29 is 13.2 Å². The third kappa shape index (κ3) is 3.74. The maximum Gasteiger partial charge on any atom is 0.315 e. The molecule has 1 unspecified atom stereocenters. The molecule has 142 valence electrons. The number of rotatable bonds is 5. The van der Waals surface area contributed by atoms with E-state index in [9.17, 15) is 13.2 Å². The summed E-state index contributed by atoms with van der Waals surface area (Å²) in [5.74, 6) is 0.391. The predicted octanol–water partition coefficient (Wildman–Crippen LogP) is 1.97. The summed E-state index contributed by atoms with van der Waals surface area (Å²) >= 11 is 0. The van der Waals surface area contributed by atoms with Crippen LogP contribution in [0.25, 0.3) is 0 Å². The normalized spacial score (nSPS) is 24.2. The van der Waals surface area contributed by atoms with E-state index in [2.05, 4.69) is 34.9 Å². The first kappa shape index (κ1) is 17.8. The molecule has 1 saturated heterocycles. The van der Waals surface area contributed by atoms with Gasteiger partial charge in [-0.2, -0.15) is 0 Å². The minimum Gasteiger partial charge on any atom is -0.338 e.